The van der Waals surface area contributed by atoms with Crippen LogP contribution in [-0.4, -0.2) is 15.5 Å². The van der Waals surface area contributed by atoms with Crippen molar-refractivity contribution in [2.24, 2.45) is 0 Å². The Morgan fingerprint density at radius 2 is 1.81 bits per heavy atom. The highest BCUT2D eigenvalue weighted by atomic mass is 35.5. The van der Waals surface area contributed by atoms with E-state index >= 15 is 0 Å². The van der Waals surface area contributed by atoms with Crippen LogP contribution in [0.3, 0.4) is 0 Å². The van der Waals surface area contributed by atoms with Crippen molar-refractivity contribution in [2.45, 2.75) is 11.5 Å². The van der Waals surface area contributed by atoms with E-state index in [4.69, 9.17) is 21.1 Å². The van der Waals surface area contributed by atoms with Gasteiger partial charge in [0.2, 0.25) is 9.84 Å². The van der Waals surface area contributed by atoms with E-state index in [2.05, 4.69) is 0 Å². The minimum Gasteiger partial charge on any atom is -0.493 e. The molecule has 0 radical (unpaired) electrons. The Hall–Kier alpha value is -3.34. The number of sulfone groups is 1. The second-order valence-electron chi connectivity index (χ2n) is 6.37. The van der Waals surface area contributed by atoms with Crippen molar-refractivity contribution in [3.63, 3.8) is 0 Å². The van der Waals surface area contributed by atoms with Crippen LogP contribution in [0.5, 0.6) is 11.5 Å². The lowest BCUT2D eigenvalue weighted by Gasteiger charge is -2.12. The zero-order chi connectivity index (χ0) is 22.4. The smallest absolute Gasteiger partial charge is 0.216 e. The van der Waals surface area contributed by atoms with Crippen molar-refractivity contribution in [1.29, 1.82) is 5.26 Å². The number of allylic oxidation sites excluding steroid dienone is 1. The molecule has 0 unspecified atom stereocenters. The molecule has 0 bridgehead atoms. The molecule has 0 amide bonds. The molecule has 3 aromatic rings. The molecule has 0 saturated carbocycles. The zero-order valence-corrected chi connectivity index (χ0v) is 18.0. The molecule has 0 fully saturated rings. The lowest BCUT2D eigenvalue weighted by molar-refractivity contribution is 0.279. The van der Waals surface area contributed by atoms with Gasteiger partial charge in [-0.3, -0.25) is 0 Å². The van der Waals surface area contributed by atoms with E-state index in [0.717, 1.165) is 0 Å². The van der Waals surface area contributed by atoms with Crippen molar-refractivity contribution in [2.75, 3.05) is 7.11 Å². The van der Waals surface area contributed by atoms with Crippen LogP contribution in [0.4, 0.5) is 4.39 Å². The fourth-order valence-corrected chi connectivity index (χ4v) is 4.01. The average molecular weight is 458 g/mol. The molecule has 8 heteroatoms. The van der Waals surface area contributed by atoms with Crippen LogP contribution < -0.4 is 9.47 Å². The van der Waals surface area contributed by atoms with Crippen LogP contribution >= 0.6 is 11.6 Å². The molecular formula is C23H17ClFNO4S. The number of nitrogens with zero attached hydrogens (tertiary/aromatic N) is 1. The van der Waals surface area contributed by atoms with Crippen LogP contribution in [0.15, 0.2) is 76.5 Å². The van der Waals surface area contributed by atoms with Crippen molar-refractivity contribution in [3.8, 4) is 17.6 Å². The van der Waals surface area contributed by atoms with Crippen molar-refractivity contribution in [3.05, 3.63) is 93.6 Å². The molecule has 0 atom stereocenters. The molecule has 0 aliphatic heterocycles. The third-order valence-electron chi connectivity index (χ3n) is 4.35. The van der Waals surface area contributed by atoms with Gasteiger partial charge < -0.3 is 9.47 Å². The van der Waals surface area contributed by atoms with Crippen molar-refractivity contribution in [1.82, 2.24) is 0 Å². The number of ether oxygens (including phenoxy) is 2. The summed E-state index contributed by atoms with van der Waals surface area (Å²) in [5, 5.41) is 9.83. The average Bonchev–Trinajstić information content (AvgIpc) is 2.77. The minimum absolute atomic E-state index is 0.00733. The molecule has 3 aromatic carbocycles. The Balaban J connectivity index is 1.88. The minimum atomic E-state index is -4.02. The fraction of sp³-hybridized carbons (Fsp3) is 0.0870. The Morgan fingerprint density at radius 1 is 1.10 bits per heavy atom. The molecule has 0 spiro atoms. The van der Waals surface area contributed by atoms with Crippen molar-refractivity contribution >= 4 is 27.5 Å². The summed E-state index contributed by atoms with van der Waals surface area (Å²) in [5.41, 5.74) is 0.804. The molecule has 3 rings (SSSR count). The second kappa shape index (κ2) is 9.65. The Kier molecular flexibility index (Phi) is 6.95. The number of hydrogen-bond acceptors (Lipinski definition) is 5. The maximum Gasteiger partial charge on any atom is 0.216 e. The lowest BCUT2D eigenvalue weighted by Crippen LogP contribution is -2.03. The molecule has 0 saturated heterocycles. The first-order valence-electron chi connectivity index (χ1n) is 9.02. The SMILES string of the molecule is COc1cc(/C=C(\C#N)S(=O)(=O)c2ccc(Cl)cc2)ccc1OCc1ccccc1F. The fourth-order valence-electron chi connectivity index (χ4n) is 2.73. The summed E-state index contributed by atoms with van der Waals surface area (Å²) in [5.74, 6) is 0.278. The first-order chi connectivity index (χ1) is 14.8. The predicted octanol–water partition coefficient (Wildman–Crippen LogP) is 5.41. The quantitative estimate of drug-likeness (QED) is 0.443. The number of methoxy groups -OCH3 is 1. The van der Waals surface area contributed by atoms with Gasteiger partial charge in [0.05, 0.1) is 12.0 Å². The van der Waals surface area contributed by atoms with Crippen LogP contribution in [0.1, 0.15) is 11.1 Å². The summed E-state index contributed by atoms with van der Waals surface area (Å²) in [6.45, 7) is -0.00733. The van der Waals surface area contributed by atoms with Gasteiger partial charge in [-0.05, 0) is 54.1 Å². The third kappa shape index (κ3) is 5.23. The van der Waals surface area contributed by atoms with E-state index in [1.165, 1.54) is 49.6 Å². The van der Waals surface area contributed by atoms with E-state index < -0.39 is 14.7 Å². The zero-order valence-electron chi connectivity index (χ0n) is 16.4. The van der Waals surface area contributed by atoms with Gasteiger partial charge in [0, 0.05) is 10.6 Å². The molecule has 31 heavy (non-hydrogen) atoms. The largest absolute Gasteiger partial charge is 0.493 e. The summed E-state index contributed by atoms with van der Waals surface area (Å²) in [4.78, 5) is -0.474. The number of hydrogen-bond donors (Lipinski definition) is 0. The maximum absolute atomic E-state index is 13.8. The van der Waals surface area contributed by atoms with Crippen LogP contribution in [0.25, 0.3) is 6.08 Å². The molecule has 5 nitrogen and oxygen atoms in total. The van der Waals surface area contributed by atoms with Gasteiger partial charge in [0.1, 0.15) is 23.4 Å². The monoisotopic (exact) mass is 457 g/mol. The van der Waals surface area contributed by atoms with Gasteiger partial charge in [-0.25, -0.2) is 12.8 Å². The number of rotatable bonds is 7. The number of benzene rings is 3. The summed E-state index contributed by atoms with van der Waals surface area (Å²) in [7, 11) is -2.59. The van der Waals surface area contributed by atoms with Gasteiger partial charge in [0.15, 0.2) is 11.5 Å². The van der Waals surface area contributed by atoms with Gasteiger partial charge in [-0.1, -0.05) is 35.9 Å². The number of halogens is 2. The maximum atomic E-state index is 13.8. The Bertz CT molecular complexity index is 1270. The standard InChI is InChI=1S/C23H17ClFNO4S/c1-29-23-13-16(6-11-22(23)30-15-17-4-2-3-5-21(17)25)12-20(14-26)31(27,28)19-9-7-18(24)8-10-19/h2-13H,15H2,1H3/b20-12+. The van der Waals surface area contributed by atoms with E-state index in [-0.39, 0.29) is 17.3 Å². The highest BCUT2D eigenvalue weighted by Gasteiger charge is 2.21. The second-order valence-corrected chi connectivity index (χ2v) is 8.72. The summed E-state index contributed by atoms with van der Waals surface area (Å²) in [6.07, 6.45) is 1.24. The Morgan fingerprint density at radius 3 is 2.45 bits per heavy atom. The lowest BCUT2D eigenvalue weighted by atomic mass is 10.2. The topological polar surface area (TPSA) is 76.4 Å². The third-order valence-corrected chi connectivity index (χ3v) is 6.28. The molecule has 0 aliphatic rings. The summed E-state index contributed by atoms with van der Waals surface area (Å²) in [6, 6.07) is 18.2. The number of nitriles is 1. The van der Waals surface area contributed by atoms with Crippen LogP contribution in [0.2, 0.25) is 5.02 Å². The van der Waals surface area contributed by atoms with Gasteiger partial charge in [-0.15, -0.1) is 0 Å². The first kappa shape index (κ1) is 22.3. The van der Waals surface area contributed by atoms with E-state index in [1.807, 2.05) is 0 Å². The molecule has 158 valence electrons. The van der Waals surface area contributed by atoms with E-state index in [0.29, 0.717) is 27.6 Å². The predicted molar refractivity (Wildman–Crippen MR) is 116 cm³/mol. The molecule has 0 aliphatic carbocycles. The molecule has 0 aromatic heterocycles. The van der Waals surface area contributed by atoms with Crippen molar-refractivity contribution < 1.29 is 22.3 Å². The summed E-state index contributed by atoms with van der Waals surface area (Å²) < 4.78 is 50.3. The van der Waals surface area contributed by atoms with Gasteiger partial charge >= 0.3 is 0 Å². The van der Waals surface area contributed by atoms with Gasteiger partial charge in [0.25, 0.3) is 0 Å². The summed E-state index contributed by atoms with van der Waals surface area (Å²) >= 11 is 5.81. The van der Waals surface area contributed by atoms with E-state index in [1.54, 1.807) is 36.4 Å². The van der Waals surface area contributed by atoms with Crippen LogP contribution in [-0.2, 0) is 16.4 Å². The highest BCUT2D eigenvalue weighted by Crippen LogP contribution is 2.31. The van der Waals surface area contributed by atoms with Crippen LogP contribution in [0, 0.1) is 17.1 Å². The molecular weight excluding hydrogens is 441 g/mol. The van der Waals surface area contributed by atoms with Gasteiger partial charge in [-0.2, -0.15) is 5.26 Å². The normalized spacial score (nSPS) is 11.6. The first-order valence-corrected chi connectivity index (χ1v) is 10.9. The van der Waals surface area contributed by atoms with E-state index in [9.17, 15) is 18.1 Å². The molecule has 0 heterocycles. The highest BCUT2D eigenvalue weighted by molar-refractivity contribution is 7.95. The molecule has 0 N–H and O–H groups in total. The Labute approximate surface area is 184 Å².